The highest BCUT2D eigenvalue weighted by Gasteiger charge is 2.33. The van der Waals surface area contributed by atoms with Crippen molar-refractivity contribution in [3.63, 3.8) is 0 Å². The number of carbonyl (C=O) groups is 1. The van der Waals surface area contributed by atoms with Crippen molar-refractivity contribution < 1.29 is 21.6 Å². The van der Waals surface area contributed by atoms with Crippen LogP contribution in [0.3, 0.4) is 0 Å². The summed E-state index contributed by atoms with van der Waals surface area (Å²) < 4.78 is 53.2. The van der Waals surface area contributed by atoms with E-state index >= 15 is 0 Å². The first kappa shape index (κ1) is 24.4. The van der Waals surface area contributed by atoms with Gasteiger partial charge in [0.15, 0.2) is 0 Å². The fourth-order valence-electron chi connectivity index (χ4n) is 2.91. The molecule has 0 bridgehead atoms. The SMILES string of the molecule is CCS(=O)(=O)NC(CCSC)C(=O)N1CCN(S(=O)(=O)c2cccc(Cl)c2)CC1. The largest absolute Gasteiger partial charge is 0.339 e. The topological polar surface area (TPSA) is 104 Å². The molecule has 1 unspecified atom stereocenters. The van der Waals surface area contributed by atoms with Gasteiger partial charge in [-0.25, -0.2) is 21.6 Å². The highest BCUT2D eigenvalue weighted by Crippen LogP contribution is 2.21. The van der Waals surface area contributed by atoms with Crippen molar-refractivity contribution in [2.45, 2.75) is 24.3 Å². The molecule has 1 heterocycles. The molecule has 1 atom stereocenters. The van der Waals surface area contributed by atoms with Crippen molar-refractivity contribution in [3.8, 4) is 0 Å². The maximum absolute atomic E-state index is 12.9. The smallest absolute Gasteiger partial charge is 0.243 e. The number of carbonyl (C=O) groups excluding carboxylic acids is 1. The van der Waals surface area contributed by atoms with E-state index in [4.69, 9.17) is 11.6 Å². The Hall–Kier alpha value is -0.850. The first-order valence-corrected chi connectivity index (χ1v) is 14.0. The van der Waals surface area contributed by atoms with E-state index in [-0.39, 0.29) is 42.7 Å². The van der Waals surface area contributed by atoms with Gasteiger partial charge >= 0.3 is 0 Å². The number of nitrogens with one attached hydrogen (secondary N) is 1. The Morgan fingerprint density at radius 3 is 2.41 bits per heavy atom. The Kier molecular flexibility index (Phi) is 8.80. The number of hydrogen-bond acceptors (Lipinski definition) is 6. The highest BCUT2D eigenvalue weighted by molar-refractivity contribution is 7.98. The average Bonchev–Trinajstić information content (AvgIpc) is 2.70. The van der Waals surface area contributed by atoms with Gasteiger partial charge in [-0.2, -0.15) is 16.1 Å². The van der Waals surface area contributed by atoms with Crippen LogP contribution in [0.15, 0.2) is 29.2 Å². The number of hydrogen-bond donors (Lipinski definition) is 1. The predicted molar refractivity (Wildman–Crippen MR) is 116 cm³/mol. The molecule has 0 aromatic heterocycles. The molecule has 0 aliphatic carbocycles. The highest BCUT2D eigenvalue weighted by atomic mass is 35.5. The van der Waals surface area contributed by atoms with Crippen LogP contribution in [-0.4, -0.2) is 81.9 Å². The summed E-state index contributed by atoms with van der Waals surface area (Å²) in [5.74, 6) is 0.198. The van der Waals surface area contributed by atoms with Crippen LogP contribution in [0, 0.1) is 0 Å². The van der Waals surface area contributed by atoms with Crippen molar-refractivity contribution in [1.82, 2.24) is 13.9 Å². The van der Waals surface area contributed by atoms with Crippen LogP contribution in [0.1, 0.15) is 13.3 Å². The van der Waals surface area contributed by atoms with E-state index in [1.807, 2.05) is 6.26 Å². The second kappa shape index (κ2) is 10.5. The Morgan fingerprint density at radius 2 is 1.86 bits per heavy atom. The van der Waals surface area contributed by atoms with Crippen LogP contribution < -0.4 is 4.72 Å². The molecule has 1 aromatic rings. The molecule has 29 heavy (non-hydrogen) atoms. The van der Waals surface area contributed by atoms with Gasteiger partial charge in [-0.15, -0.1) is 0 Å². The molecule has 1 N–H and O–H groups in total. The molecule has 8 nitrogen and oxygen atoms in total. The minimum absolute atomic E-state index is 0.109. The summed E-state index contributed by atoms with van der Waals surface area (Å²) >= 11 is 7.43. The molecule has 12 heteroatoms. The van der Waals surface area contributed by atoms with Crippen molar-refractivity contribution in [1.29, 1.82) is 0 Å². The van der Waals surface area contributed by atoms with Gasteiger partial charge in [0, 0.05) is 31.2 Å². The monoisotopic (exact) mass is 483 g/mol. The second-order valence-electron chi connectivity index (χ2n) is 6.54. The zero-order valence-electron chi connectivity index (χ0n) is 16.4. The fraction of sp³-hybridized carbons (Fsp3) is 0.588. The van der Waals surface area contributed by atoms with E-state index in [0.717, 1.165) is 0 Å². The van der Waals surface area contributed by atoms with Crippen molar-refractivity contribution in [2.24, 2.45) is 0 Å². The average molecular weight is 484 g/mol. The molecule has 1 saturated heterocycles. The Labute approximate surface area is 182 Å². The molecule has 2 rings (SSSR count). The normalized spacial score (nSPS) is 17.3. The summed E-state index contributed by atoms with van der Waals surface area (Å²) in [6.45, 7) is 2.18. The van der Waals surface area contributed by atoms with Gasteiger partial charge in [0.1, 0.15) is 6.04 Å². The molecule has 1 aromatic carbocycles. The number of thioether (sulfide) groups is 1. The van der Waals surface area contributed by atoms with E-state index in [9.17, 15) is 21.6 Å². The standard InChI is InChI=1S/C17H26ClN3O5S3/c1-3-28(23,24)19-16(7-12-27-2)17(22)20-8-10-21(11-9-20)29(25,26)15-6-4-5-14(18)13-15/h4-6,13,16,19H,3,7-12H2,1-2H3. The van der Waals surface area contributed by atoms with Gasteiger partial charge in [0.2, 0.25) is 26.0 Å². The number of sulfonamides is 2. The summed E-state index contributed by atoms with van der Waals surface area (Å²) in [7, 11) is -7.24. The van der Waals surface area contributed by atoms with Crippen LogP contribution in [0.25, 0.3) is 0 Å². The van der Waals surface area contributed by atoms with Gasteiger partial charge in [-0.05, 0) is 43.6 Å². The van der Waals surface area contributed by atoms with E-state index in [1.54, 1.807) is 12.1 Å². The lowest BCUT2D eigenvalue weighted by atomic mass is 10.2. The van der Waals surface area contributed by atoms with Crippen LogP contribution in [0.4, 0.5) is 0 Å². The Balaban J connectivity index is 2.06. The summed E-state index contributed by atoms with van der Waals surface area (Å²) in [6.07, 6.45) is 2.26. The molecule has 0 radical (unpaired) electrons. The third kappa shape index (κ3) is 6.56. The molecule has 1 amide bonds. The maximum Gasteiger partial charge on any atom is 0.243 e. The number of halogens is 1. The number of piperazine rings is 1. The van der Waals surface area contributed by atoms with Gasteiger partial charge in [0.25, 0.3) is 0 Å². The Morgan fingerprint density at radius 1 is 1.21 bits per heavy atom. The lowest BCUT2D eigenvalue weighted by Crippen LogP contribution is -2.56. The minimum atomic E-state index is -3.70. The molecule has 0 saturated carbocycles. The third-order valence-electron chi connectivity index (χ3n) is 4.59. The van der Waals surface area contributed by atoms with Crippen LogP contribution in [0.5, 0.6) is 0 Å². The van der Waals surface area contributed by atoms with E-state index in [1.165, 1.54) is 40.0 Å². The van der Waals surface area contributed by atoms with Crippen LogP contribution in [0.2, 0.25) is 5.02 Å². The number of benzene rings is 1. The zero-order chi connectivity index (χ0) is 21.7. The number of nitrogens with zero attached hydrogens (tertiary/aromatic N) is 2. The van der Waals surface area contributed by atoms with Gasteiger partial charge < -0.3 is 4.90 Å². The van der Waals surface area contributed by atoms with Crippen molar-refractivity contribution >= 4 is 49.3 Å². The van der Waals surface area contributed by atoms with Crippen molar-refractivity contribution in [3.05, 3.63) is 29.3 Å². The lowest BCUT2D eigenvalue weighted by Gasteiger charge is -2.35. The Bertz CT molecular complexity index is 916. The third-order valence-corrected chi connectivity index (χ3v) is 8.77. The fourth-order valence-corrected chi connectivity index (χ4v) is 5.93. The molecule has 164 valence electrons. The van der Waals surface area contributed by atoms with Crippen molar-refractivity contribution in [2.75, 3.05) is 43.9 Å². The summed E-state index contributed by atoms with van der Waals surface area (Å²) in [6, 6.07) is 5.21. The summed E-state index contributed by atoms with van der Waals surface area (Å²) in [5, 5.41) is 0.333. The quantitative estimate of drug-likeness (QED) is 0.566. The van der Waals surface area contributed by atoms with E-state index in [2.05, 4.69) is 4.72 Å². The zero-order valence-corrected chi connectivity index (χ0v) is 19.6. The van der Waals surface area contributed by atoms with Gasteiger partial charge in [-0.1, -0.05) is 17.7 Å². The molecule has 1 fully saturated rings. The maximum atomic E-state index is 12.9. The second-order valence-corrected chi connectivity index (χ2v) is 11.9. The molecule has 1 aliphatic heterocycles. The van der Waals surface area contributed by atoms with E-state index in [0.29, 0.717) is 17.2 Å². The number of amides is 1. The molecular weight excluding hydrogens is 458 g/mol. The summed E-state index contributed by atoms with van der Waals surface area (Å²) in [5.41, 5.74) is 0. The predicted octanol–water partition coefficient (Wildman–Crippen LogP) is 1.23. The van der Waals surface area contributed by atoms with Crippen LogP contribution in [-0.2, 0) is 24.8 Å². The first-order valence-electron chi connectivity index (χ1n) is 9.14. The summed E-state index contributed by atoms with van der Waals surface area (Å²) in [4.78, 5) is 14.5. The molecule has 1 aliphatic rings. The van der Waals surface area contributed by atoms with Gasteiger partial charge in [0.05, 0.1) is 10.6 Å². The lowest BCUT2D eigenvalue weighted by molar-refractivity contribution is -0.134. The first-order chi connectivity index (χ1) is 13.6. The molecular formula is C17H26ClN3O5S3. The van der Waals surface area contributed by atoms with Gasteiger partial charge in [-0.3, -0.25) is 4.79 Å². The van der Waals surface area contributed by atoms with E-state index < -0.39 is 26.1 Å². The number of rotatable bonds is 9. The van der Waals surface area contributed by atoms with Crippen LogP contribution >= 0.6 is 23.4 Å². The minimum Gasteiger partial charge on any atom is -0.339 e. The molecule has 0 spiro atoms.